The molecule has 0 aliphatic rings. The highest BCUT2D eigenvalue weighted by atomic mass is 35.5. The average Bonchev–Trinajstić information content (AvgIpc) is 3.02. The highest BCUT2D eigenvalue weighted by Gasteiger charge is 2.19. The van der Waals surface area contributed by atoms with Gasteiger partial charge in [0.1, 0.15) is 11.3 Å². The van der Waals surface area contributed by atoms with Gasteiger partial charge < -0.3 is 14.5 Å². The lowest BCUT2D eigenvalue weighted by Gasteiger charge is -2.13. The van der Waals surface area contributed by atoms with Crippen molar-refractivity contribution in [3.8, 4) is 5.88 Å². The maximum Gasteiger partial charge on any atom is 0.216 e. The van der Waals surface area contributed by atoms with Gasteiger partial charge in [0.15, 0.2) is 0 Å². The molecule has 3 aromatic rings. The van der Waals surface area contributed by atoms with Gasteiger partial charge in [-0.2, -0.15) is 5.10 Å². The Labute approximate surface area is 148 Å². The number of benzene rings is 1. The van der Waals surface area contributed by atoms with E-state index in [4.69, 9.17) is 9.15 Å². The van der Waals surface area contributed by atoms with Crippen molar-refractivity contribution in [1.82, 2.24) is 15.1 Å². The molecule has 130 valence electrons. The van der Waals surface area contributed by atoms with Crippen molar-refractivity contribution in [2.75, 3.05) is 7.11 Å². The summed E-state index contributed by atoms with van der Waals surface area (Å²) in [5.74, 6) is 1.77. The Balaban J connectivity index is 0.00000208. The van der Waals surface area contributed by atoms with Crippen LogP contribution in [0.2, 0.25) is 0 Å². The number of nitrogens with one attached hydrogen (secondary N) is 1. The molecule has 0 amide bonds. The molecule has 24 heavy (non-hydrogen) atoms. The number of rotatable bonds is 5. The average molecular weight is 350 g/mol. The van der Waals surface area contributed by atoms with Crippen LogP contribution in [0, 0.1) is 13.8 Å². The lowest BCUT2D eigenvalue weighted by Crippen LogP contribution is -2.19. The van der Waals surface area contributed by atoms with Crippen LogP contribution in [0.4, 0.5) is 0 Å². The van der Waals surface area contributed by atoms with Crippen molar-refractivity contribution in [2.45, 2.75) is 33.4 Å². The van der Waals surface area contributed by atoms with Gasteiger partial charge in [0, 0.05) is 19.0 Å². The van der Waals surface area contributed by atoms with E-state index in [9.17, 15) is 0 Å². The summed E-state index contributed by atoms with van der Waals surface area (Å²) in [6.45, 7) is 6.90. The van der Waals surface area contributed by atoms with Crippen molar-refractivity contribution < 1.29 is 9.15 Å². The number of aromatic nitrogens is 2. The van der Waals surface area contributed by atoms with Gasteiger partial charge in [0.2, 0.25) is 5.88 Å². The summed E-state index contributed by atoms with van der Waals surface area (Å²) in [5.41, 5.74) is 4.18. The summed E-state index contributed by atoms with van der Waals surface area (Å²) in [7, 11) is 3.56. The molecule has 0 bridgehead atoms. The third-order valence-corrected chi connectivity index (χ3v) is 4.34. The van der Waals surface area contributed by atoms with Crippen LogP contribution < -0.4 is 10.1 Å². The van der Waals surface area contributed by atoms with Crippen LogP contribution in [-0.4, -0.2) is 16.9 Å². The van der Waals surface area contributed by atoms with E-state index in [1.807, 2.05) is 32.2 Å². The van der Waals surface area contributed by atoms with Crippen molar-refractivity contribution in [1.29, 1.82) is 0 Å². The van der Waals surface area contributed by atoms with Crippen LogP contribution in [0.25, 0.3) is 11.0 Å². The molecule has 5 nitrogen and oxygen atoms in total. The summed E-state index contributed by atoms with van der Waals surface area (Å²) in [6, 6.07) is 8.24. The summed E-state index contributed by atoms with van der Waals surface area (Å²) in [4.78, 5) is 0. The second-order valence-corrected chi connectivity index (χ2v) is 5.89. The first-order valence-electron chi connectivity index (χ1n) is 7.80. The molecule has 0 saturated heterocycles. The molecule has 1 N–H and O–H groups in total. The van der Waals surface area contributed by atoms with Crippen molar-refractivity contribution in [3.63, 3.8) is 0 Å². The Hall–Kier alpha value is -1.98. The highest BCUT2D eigenvalue weighted by molar-refractivity contribution is 5.85. The SMILES string of the molecule is COc1c(CNC(C)c2oc3ccccc3c2C)c(C)nn1C.Cl. The zero-order chi connectivity index (χ0) is 16.6. The first-order chi connectivity index (χ1) is 11.0. The van der Waals surface area contributed by atoms with Gasteiger partial charge in [-0.25, -0.2) is 4.68 Å². The molecule has 0 aliphatic carbocycles. The number of furan rings is 1. The van der Waals surface area contributed by atoms with Crippen molar-refractivity contribution in [3.05, 3.63) is 46.8 Å². The maximum atomic E-state index is 6.03. The minimum atomic E-state index is 0. The van der Waals surface area contributed by atoms with Crippen molar-refractivity contribution in [2.24, 2.45) is 7.05 Å². The van der Waals surface area contributed by atoms with Crippen LogP contribution in [0.15, 0.2) is 28.7 Å². The molecular weight excluding hydrogens is 326 g/mol. The highest BCUT2D eigenvalue weighted by Crippen LogP contribution is 2.30. The first-order valence-corrected chi connectivity index (χ1v) is 7.80. The van der Waals surface area contributed by atoms with Gasteiger partial charge in [-0.3, -0.25) is 0 Å². The maximum absolute atomic E-state index is 6.03. The molecule has 0 radical (unpaired) electrons. The van der Waals surface area contributed by atoms with E-state index in [2.05, 4.69) is 30.3 Å². The predicted molar refractivity (Wildman–Crippen MR) is 98.0 cm³/mol. The number of nitrogens with zero attached hydrogens (tertiary/aromatic N) is 2. The van der Waals surface area contributed by atoms with Gasteiger partial charge in [-0.05, 0) is 32.4 Å². The normalized spacial score (nSPS) is 12.2. The Morgan fingerprint density at radius 1 is 1.29 bits per heavy atom. The van der Waals surface area contributed by atoms with E-state index in [-0.39, 0.29) is 18.4 Å². The number of aryl methyl sites for hydroxylation is 3. The Bertz CT molecular complexity index is 838. The fraction of sp³-hybridized carbons (Fsp3) is 0.389. The molecule has 1 atom stereocenters. The van der Waals surface area contributed by atoms with E-state index >= 15 is 0 Å². The first kappa shape index (κ1) is 18.4. The number of para-hydroxylation sites is 1. The minimum absolute atomic E-state index is 0. The largest absolute Gasteiger partial charge is 0.481 e. The molecule has 0 spiro atoms. The van der Waals surface area contributed by atoms with Gasteiger partial charge in [-0.15, -0.1) is 12.4 Å². The zero-order valence-corrected chi connectivity index (χ0v) is 15.5. The summed E-state index contributed by atoms with van der Waals surface area (Å²) in [6.07, 6.45) is 0. The molecule has 2 heterocycles. The van der Waals surface area contributed by atoms with Crippen LogP contribution >= 0.6 is 12.4 Å². The molecule has 6 heteroatoms. The van der Waals surface area contributed by atoms with Gasteiger partial charge >= 0.3 is 0 Å². The summed E-state index contributed by atoms with van der Waals surface area (Å²) in [5, 5.41) is 9.10. The molecule has 1 unspecified atom stereocenters. The van der Waals surface area contributed by atoms with Crippen LogP contribution in [-0.2, 0) is 13.6 Å². The van der Waals surface area contributed by atoms with Gasteiger partial charge in [0.05, 0.1) is 24.4 Å². The number of halogens is 1. The van der Waals surface area contributed by atoms with E-state index in [0.717, 1.165) is 28.5 Å². The molecule has 0 fully saturated rings. The van der Waals surface area contributed by atoms with E-state index < -0.39 is 0 Å². The zero-order valence-electron chi connectivity index (χ0n) is 14.7. The number of fused-ring (bicyclic) bond motifs is 1. The number of methoxy groups -OCH3 is 1. The minimum Gasteiger partial charge on any atom is -0.481 e. The van der Waals surface area contributed by atoms with Crippen LogP contribution in [0.1, 0.15) is 35.5 Å². The molecule has 0 aliphatic heterocycles. The molecule has 1 aromatic carbocycles. The summed E-state index contributed by atoms with van der Waals surface area (Å²) >= 11 is 0. The standard InChI is InChI=1S/C18H23N3O2.ClH/c1-11-14-8-6-7-9-16(14)23-17(11)13(3)19-10-15-12(2)20-21(4)18(15)22-5;/h6-9,13,19H,10H2,1-5H3;1H. The molecule has 0 saturated carbocycles. The van der Waals surface area contributed by atoms with Gasteiger partial charge in [0.25, 0.3) is 0 Å². The third kappa shape index (κ3) is 3.14. The Kier molecular flexibility index (Phi) is 5.57. The lowest BCUT2D eigenvalue weighted by molar-refractivity contribution is 0.365. The predicted octanol–water partition coefficient (Wildman–Crippen LogP) is 4.06. The molecule has 2 aromatic heterocycles. The Morgan fingerprint density at radius 3 is 2.67 bits per heavy atom. The van der Waals surface area contributed by atoms with Crippen LogP contribution in [0.3, 0.4) is 0 Å². The molecule has 3 rings (SSSR count). The number of hydrogen-bond donors (Lipinski definition) is 1. The fourth-order valence-corrected chi connectivity index (χ4v) is 3.09. The second kappa shape index (κ2) is 7.28. The Morgan fingerprint density at radius 2 is 2.00 bits per heavy atom. The smallest absolute Gasteiger partial charge is 0.216 e. The number of hydrogen-bond acceptors (Lipinski definition) is 4. The summed E-state index contributed by atoms with van der Waals surface area (Å²) < 4.78 is 13.2. The van der Waals surface area contributed by atoms with Crippen LogP contribution in [0.5, 0.6) is 5.88 Å². The van der Waals surface area contributed by atoms with E-state index in [0.29, 0.717) is 6.54 Å². The topological polar surface area (TPSA) is 52.2 Å². The molecular formula is C18H24ClN3O2. The van der Waals surface area contributed by atoms with E-state index in [1.165, 1.54) is 10.9 Å². The second-order valence-electron chi connectivity index (χ2n) is 5.89. The quantitative estimate of drug-likeness (QED) is 0.754. The van der Waals surface area contributed by atoms with Crippen molar-refractivity contribution >= 4 is 23.4 Å². The fourth-order valence-electron chi connectivity index (χ4n) is 3.09. The third-order valence-electron chi connectivity index (χ3n) is 4.34. The van der Waals surface area contributed by atoms with E-state index in [1.54, 1.807) is 11.8 Å². The van der Waals surface area contributed by atoms with Gasteiger partial charge in [-0.1, -0.05) is 18.2 Å². The lowest BCUT2D eigenvalue weighted by atomic mass is 10.1. The number of ether oxygens (including phenoxy) is 1. The monoisotopic (exact) mass is 349 g/mol.